The van der Waals surface area contributed by atoms with Gasteiger partial charge >= 0.3 is 0 Å². The Balaban J connectivity index is 0.631. The van der Waals surface area contributed by atoms with Gasteiger partial charge in [-0.15, -0.1) is 0 Å². The van der Waals surface area contributed by atoms with Crippen molar-refractivity contribution >= 4 is 46.1 Å². The van der Waals surface area contributed by atoms with E-state index in [9.17, 15) is 19.8 Å². The van der Waals surface area contributed by atoms with Crippen LogP contribution in [0, 0.1) is 23.7 Å². The molecule has 12 aliphatic rings. The third-order valence-electron chi connectivity index (χ3n) is 20.2. The van der Waals surface area contributed by atoms with Crippen LogP contribution in [0.2, 0.25) is 0 Å². The molecule has 2 amide bonds. The van der Waals surface area contributed by atoms with Gasteiger partial charge in [0.1, 0.15) is 11.5 Å². The van der Waals surface area contributed by atoms with E-state index >= 15 is 0 Å². The van der Waals surface area contributed by atoms with E-state index in [1.807, 2.05) is 26.0 Å². The minimum atomic E-state index is -0.00475. The maximum Gasteiger partial charge on any atom is 0.220 e. The summed E-state index contributed by atoms with van der Waals surface area (Å²) in [4.78, 5) is 58.2. The van der Waals surface area contributed by atoms with Crippen LogP contribution in [0.1, 0.15) is 159 Å². The molecule has 10 heterocycles. The highest BCUT2D eigenvalue weighted by atomic mass is 16.3. The summed E-state index contributed by atoms with van der Waals surface area (Å²) in [5.74, 6) is 0.821. The second-order valence-electron chi connectivity index (χ2n) is 25.4. The van der Waals surface area contributed by atoms with Gasteiger partial charge in [0.15, 0.2) is 0 Å². The first kappa shape index (κ1) is 59.8. The molecule has 12 rings (SSSR count). The van der Waals surface area contributed by atoms with Crippen LogP contribution in [0.3, 0.4) is 0 Å². The van der Waals surface area contributed by atoms with Gasteiger partial charge in [-0.2, -0.15) is 0 Å². The highest BCUT2D eigenvalue weighted by Crippen LogP contribution is 2.49. The van der Waals surface area contributed by atoms with E-state index in [0.29, 0.717) is 63.1 Å². The molecule has 14 heteroatoms. The van der Waals surface area contributed by atoms with Gasteiger partial charge in [0.2, 0.25) is 11.8 Å². The van der Waals surface area contributed by atoms with Crippen LogP contribution in [-0.4, -0.2) is 69.4 Å². The Hall–Kier alpha value is -8.52. The highest BCUT2D eigenvalue weighted by molar-refractivity contribution is 6.23. The lowest BCUT2D eigenvalue weighted by molar-refractivity contribution is -0.122. The van der Waals surface area contributed by atoms with E-state index < -0.39 is 0 Å². The Morgan fingerprint density at radius 2 is 0.898 bits per heavy atom. The number of amides is 2. The van der Waals surface area contributed by atoms with Gasteiger partial charge in [-0.05, 0) is 161 Å². The summed E-state index contributed by atoms with van der Waals surface area (Å²) in [5, 5.41) is 37.2. The first-order valence-corrected chi connectivity index (χ1v) is 32.1. The van der Waals surface area contributed by atoms with E-state index in [1.54, 1.807) is 0 Å². The summed E-state index contributed by atoms with van der Waals surface area (Å²) in [5.41, 5.74) is 28.3. The summed E-state index contributed by atoms with van der Waals surface area (Å²) in [6.45, 7) is 30.8. The normalized spacial score (nSPS) is 24.2. The summed E-state index contributed by atoms with van der Waals surface area (Å²) in [6.07, 6.45) is 26.7. The minimum absolute atomic E-state index is 0.00475. The number of aliphatic imine (C=N–C) groups is 6. The molecule has 6 N–H and O–H groups in total. The predicted molar refractivity (Wildman–Crippen MR) is 357 cm³/mol. The van der Waals surface area contributed by atoms with E-state index in [0.717, 1.165) is 209 Å². The van der Waals surface area contributed by atoms with Crippen molar-refractivity contribution in [3.8, 4) is 0 Å². The molecule has 10 aliphatic heterocycles. The number of fused-ring (bicyclic) bond motifs is 10. The molecule has 0 radical (unpaired) electrons. The molecule has 2 fully saturated rings. The Morgan fingerprint density at radius 1 is 0.523 bits per heavy atom. The fourth-order valence-electron chi connectivity index (χ4n) is 14.9. The Kier molecular flexibility index (Phi) is 16.5. The maximum atomic E-state index is 13.6. The number of aliphatic hydroxyl groups is 2. The number of aliphatic hydroxyl groups excluding tert-OH is 2. The maximum absolute atomic E-state index is 13.6. The van der Waals surface area contributed by atoms with Crippen molar-refractivity contribution in [3.63, 3.8) is 0 Å². The number of rotatable bonds is 19. The lowest BCUT2D eigenvalue weighted by Crippen LogP contribution is -2.25. The molecule has 16 bridgehead atoms. The van der Waals surface area contributed by atoms with Crippen LogP contribution in [0.5, 0.6) is 0 Å². The summed E-state index contributed by atoms with van der Waals surface area (Å²) >= 11 is 0. The van der Waals surface area contributed by atoms with Gasteiger partial charge in [0.25, 0.3) is 0 Å². The molecule has 2 saturated heterocycles. The monoisotopic (exact) mass is 1180 g/mol. The van der Waals surface area contributed by atoms with Crippen molar-refractivity contribution in [1.29, 1.82) is 0 Å². The van der Waals surface area contributed by atoms with E-state index in [4.69, 9.17) is 30.0 Å². The molecule has 0 saturated carbocycles. The van der Waals surface area contributed by atoms with Crippen molar-refractivity contribution in [2.24, 2.45) is 53.6 Å². The third-order valence-corrected chi connectivity index (χ3v) is 20.2. The van der Waals surface area contributed by atoms with Crippen molar-refractivity contribution in [2.45, 2.75) is 159 Å². The summed E-state index contributed by atoms with van der Waals surface area (Å²) in [7, 11) is 0. The molecule has 0 aromatic heterocycles. The number of nitrogens with zero attached hydrogens (tertiary/aromatic N) is 6. The summed E-state index contributed by atoms with van der Waals surface area (Å²) < 4.78 is 0. The molecular formula is C74H84N10O4. The van der Waals surface area contributed by atoms with Crippen LogP contribution in [0.15, 0.2) is 238 Å². The molecule has 0 aromatic carbocycles. The zero-order valence-electron chi connectivity index (χ0n) is 53.1. The standard InChI is InChI=1S/C74H84N10O4/c1-13-45-37(5)53-31-57-41(9)49(71(81-57)51-29-65(85)69-43(11)59(83-73(51)69)35-63-47(15-3)39(7)55(79-63)33-61(45)77-53)23-25-67(87)75-27-21-19-17-18-20-22-28-76-68(88)26-24-50-42(10)58-32-54-38(6)46(14-2)62(78-54)34-56-40(8)48(16-4)64(80-56)36-60-44(12)70-66(86)30-52(72(50)82-58)74(70)84-60/h13-14,31-36,41-42,49-50,81-82,85-86H,1-2,15-30H2,3-12H3,(H,75,87)(H,76,88)/t41-,42-,49-,50-/m0/s1. The van der Waals surface area contributed by atoms with Gasteiger partial charge in [-0.25, -0.2) is 30.0 Å². The Bertz CT molecular complexity index is 3740. The number of hydrogen-bond donors (Lipinski definition) is 6. The second-order valence-corrected chi connectivity index (χ2v) is 25.4. The van der Waals surface area contributed by atoms with Crippen molar-refractivity contribution < 1.29 is 19.8 Å². The third kappa shape index (κ3) is 10.6. The first-order chi connectivity index (χ1) is 42.4. The van der Waals surface area contributed by atoms with Crippen molar-refractivity contribution in [2.75, 3.05) is 13.1 Å². The van der Waals surface area contributed by atoms with Crippen LogP contribution >= 0.6 is 0 Å². The van der Waals surface area contributed by atoms with Crippen LogP contribution in [0.25, 0.3) is 0 Å². The molecule has 4 atom stereocenters. The lowest BCUT2D eigenvalue weighted by Gasteiger charge is -2.18. The molecule has 0 spiro atoms. The zero-order chi connectivity index (χ0) is 62.0. The molecule has 88 heavy (non-hydrogen) atoms. The molecule has 0 aromatic rings. The van der Waals surface area contributed by atoms with E-state index in [2.05, 4.69) is 126 Å². The molecule has 454 valence electrons. The number of carbonyl (C=O) groups is 2. The average Bonchev–Trinajstić information content (AvgIpc) is 2.50. The number of nitrogens with one attached hydrogen (secondary N) is 4. The molecular weight excluding hydrogens is 1090 g/mol. The largest absolute Gasteiger partial charge is 0.511 e. The smallest absolute Gasteiger partial charge is 0.220 e. The first-order valence-electron chi connectivity index (χ1n) is 32.1. The summed E-state index contributed by atoms with van der Waals surface area (Å²) in [6, 6.07) is 0. The fourth-order valence-corrected chi connectivity index (χ4v) is 14.9. The fraction of sp³-hybridized carbons (Fsp3) is 0.405. The number of hydrogen-bond acceptors (Lipinski definition) is 12. The van der Waals surface area contributed by atoms with Gasteiger partial charge in [0, 0.05) is 119 Å². The number of unbranched alkanes of at least 4 members (excludes halogenated alkanes) is 5. The Morgan fingerprint density at radius 3 is 1.28 bits per heavy atom. The van der Waals surface area contributed by atoms with Gasteiger partial charge in [-0.1, -0.05) is 78.7 Å². The molecule has 14 nitrogen and oxygen atoms in total. The Labute approximate surface area is 518 Å². The predicted octanol–water partition coefficient (Wildman–Crippen LogP) is 14.8. The van der Waals surface area contributed by atoms with Gasteiger partial charge in [-0.3, -0.25) is 9.59 Å². The number of carbonyl (C=O) groups excluding carboxylic acids is 2. The van der Waals surface area contributed by atoms with Crippen LogP contribution in [-0.2, 0) is 9.59 Å². The minimum Gasteiger partial charge on any atom is -0.511 e. The lowest BCUT2D eigenvalue weighted by atomic mass is 9.86. The zero-order valence-corrected chi connectivity index (χ0v) is 53.1. The van der Waals surface area contributed by atoms with E-state index in [1.165, 1.54) is 11.1 Å². The average molecular weight is 1180 g/mol. The molecule has 2 aliphatic carbocycles. The number of allylic oxidation sites excluding steroid dienone is 24. The SMILES string of the molecule is C=CC1=C(C)C2=NC1=CC1=NC(=CC3=C(C)C4=C(O)CC(=C5NC(=C2)[C@@H](C)[C@@H]5CCC(=O)NCCCCCCCCNC(=O)CC[C@@H]2C5=C6CC(O)=C7C6=NC(=C7C)C=C6N=C(C=C7N=C(C=C(N5)[C@H]2C)C(C)=C7C=C)C(C)=C6CC)C4=N3)C(CC)=C1C. The van der Waals surface area contributed by atoms with Crippen LogP contribution in [0.4, 0.5) is 0 Å². The molecule has 0 unspecified atom stereocenters. The quantitative estimate of drug-likeness (QED) is 0.0696. The van der Waals surface area contributed by atoms with Gasteiger partial charge < -0.3 is 31.5 Å². The van der Waals surface area contributed by atoms with Crippen LogP contribution < -0.4 is 21.3 Å². The van der Waals surface area contributed by atoms with E-state index in [-0.39, 0.29) is 35.5 Å². The second kappa shape index (κ2) is 24.2. The van der Waals surface area contributed by atoms with Crippen molar-refractivity contribution in [1.82, 2.24) is 21.3 Å². The topological polar surface area (TPSA) is 197 Å². The highest BCUT2D eigenvalue weighted by Gasteiger charge is 2.44. The van der Waals surface area contributed by atoms with Gasteiger partial charge in [0.05, 0.1) is 68.5 Å². The van der Waals surface area contributed by atoms with Crippen molar-refractivity contribution in [3.05, 3.63) is 208 Å².